The first-order valence-corrected chi connectivity index (χ1v) is 13.5. The molecule has 1 fully saturated rings. The number of anilines is 2. The molecule has 2 unspecified atom stereocenters. The minimum Gasteiger partial charge on any atom is -0.378 e. The number of pyridine rings is 1. The van der Waals surface area contributed by atoms with Crippen molar-refractivity contribution in [2.75, 3.05) is 30.9 Å². The molecule has 39 heavy (non-hydrogen) atoms. The first kappa shape index (κ1) is 26.4. The van der Waals surface area contributed by atoms with Gasteiger partial charge < -0.3 is 25.0 Å². The molecule has 0 bridgehead atoms. The molecule has 4 aromatic rings. The number of hydrogen-bond donors (Lipinski definition) is 2. The predicted octanol–water partition coefficient (Wildman–Crippen LogP) is 5.56. The van der Waals surface area contributed by atoms with Crippen LogP contribution < -0.4 is 15.5 Å². The van der Waals surface area contributed by atoms with E-state index in [1.807, 2.05) is 68.8 Å². The summed E-state index contributed by atoms with van der Waals surface area (Å²) >= 11 is 5.84. The minimum absolute atomic E-state index is 0.0458. The number of thiocarbonyl (C=S) groups is 1. The lowest BCUT2D eigenvalue weighted by Gasteiger charge is -2.28. The number of aryl methyl sites for hydroxylation is 1. The molecular formula is C31H34N6OS. The van der Waals surface area contributed by atoms with E-state index in [4.69, 9.17) is 12.2 Å². The Morgan fingerprint density at radius 1 is 1.03 bits per heavy atom. The fraction of sp³-hybridized carbons (Fsp3) is 0.258. The quantitative estimate of drug-likeness (QED) is 0.287. The second-order valence-corrected chi connectivity index (χ2v) is 10.4. The molecule has 2 N–H and O–H groups in total. The fourth-order valence-corrected chi connectivity index (χ4v) is 5.67. The SMILES string of the molecule is Cc1cc(C2C(c3ccccn3)NC(=S)N2CCC(=O)Nc2ccccc2)c(C)n1-c1ccc(N(C)C)cc1. The fourth-order valence-electron chi connectivity index (χ4n) is 5.34. The summed E-state index contributed by atoms with van der Waals surface area (Å²) in [7, 11) is 4.09. The Morgan fingerprint density at radius 3 is 2.41 bits per heavy atom. The van der Waals surface area contributed by atoms with Gasteiger partial charge in [-0.2, -0.15) is 0 Å². The lowest BCUT2D eigenvalue weighted by Crippen LogP contribution is -2.32. The molecule has 0 radical (unpaired) electrons. The van der Waals surface area contributed by atoms with Gasteiger partial charge in [-0.05, 0) is 86.2 Å². The Bertz CT molecular complexity index is 1450. The zero-order chi connectivity index (χ0) is 27.5. The summed E-state index contributed by atoms with van der Waals surface area (Å²) in [4.78, 5) is 21.7. The standard InChI is InChI=1S/C31H34N6OS/c1-21-20-26(22(2)37(21)25-15-13-24(14-16-25)35(3)4)30-29(27-12-8-9-18-32-27)34-31(39)36(30)19-17-28(38)33-23-10-6-5-7-11-23/h5-16,18,20,29-30H,17,19H2,1-4H3,(H,33,38)(H,34,39). The Labute approximate surface area is 235 Å². The Kier molecular flexibility index (Phi) is 7.65. The van der Waals surface area contributed by atoms with Crippen LogP contribution >= 0.6 is 12.2 Å². The van der Waals surface area contributed by atoms with Crippen molar-refractivity contribution in [3.63, 3.8) is 0 Å². The van der Waals surface area contributed by atoms with Crippen molar-refractivity contribution in [1.82, 2.24) is 19.8 Å². The number of amides is 1. The van der Waals surface area contributed by atoms with E-state index in [1.165, 1.54) is 0 Å². The average molecular weight is 539 g/mol. The normalized spacial score (nSPS) is 16.7. The molecule has 8 heteroatoms. The van der Waals surface area contributed by atoms with Crippen molar-refractivity contribution in [3.05, 3.63) is 108 Å². The maximum Gasteiger partial charge on any atom is 0.226 e. The lowest BCUT2D eigenvalue weighted by molar-refractivity contribution is -0.116. The highest BCUT2D eigenvalue weighted by molar-refractivity contribution is 7.80. The Hall–Kier alpha value is -4.17. The molecule has 1 aliphatic rings. The maximum absolute atomic E-state index is 12.8. The molecule has 5 rings (SSSR count). The molecule has 2 atom stereocenters. The molecule has 3 heterocycles. The summed E-state index contributed by atoms with van der Waals surface area (Å²) in [5, 5.41) is 7.12. The van der Waals surface area contributed by atoms with Crippen LogP contribution in [0.15, 0.2) is 85.1 Å². The summed E-state index contributed by atoms with van der Waals surface area (Å²) in [6, 6.07) is 26.0. The second kappa shape index (κ2) is 11.3. The number of aromatic nitrogens is 2. The van der Waals surface area contributed by atoms with Crippen LogP contribution in [-0.2, 0) is 4.79 Å². The topological polar surface area (TPSA) is 65.4 Å². The number of hydrogen-bond acceptors (Lipinski definition) is 4. The minimum atomic E-state index is -0.138. The molecule has 0 spiro atoms. The number of carbonyl (C=O) groups excluding carboxylic acids is 1. The Morgan fingerprint density at radius 2 is 1.74 bits per heavy atom. The highest BCUT2D eigenvalue weighted by Gasteiger charge is 2.41. The highest BCUT2D eigenvalue weighted by atomic mass is 32.1. The van der Waals surface area contributed by atoms with E-state index in [0.29, 0.717) is 18.1 Å². The van der Waals surface area contributed by atoms with Gasteiger partial charge in [-0.3, -0.25) is 9.78 Å². The van der Waals surface area contributed by atoms with Crippen molar-refractivity contribution in [2.24, 2.45) is 0 Å². The lowest BCUT2D eigenvalue weighted by atomic mass is 9.96. The van der Waals surface area contributed by atoms with E-state index in [1.54, 1.807) is 0 Å². The molecular weight excluding hydrogens is 504 g/mol. The molecule has 0 saturated carbocycles. The number of nitrogens with zero attached hydrogens (tertiary/aromatic N) is 4. The maximum atomic E-state index is 12.8. The number of carbonyl (C=O) groups is 1. The van der Waals surface area contributed by atoms with E-state index < -0.39 is 0 Å². The van der Waals surface area contributed by atoms with Crippen molar-refractivity contribution in [1.29, 1.82) is 0 Å². The van der Waals surface area contributed by atoms with Crippen molar-refractivity contribution in [3.8, 4) is 5.69 Å². The van der Waals surface area contributed by atoms with Crippen LogP contribution in [0, 0.1) is 13.8 Å². The van der Waals surface area contributed by atoms with Gasteiger partial charge in [0, 0.05) is 61.7 Å². The predicted molar refractivity (Wildman–Crippen MR) is 161 cm³/mol. The molecule has 2 aromatic carbocycles. The van der Waals surface area contributed by atoms with E-state index in [2.05, 4.69) is 74.2 Å². The second-order valence-electron chi connectivity index (χ2n) is 10.1. The van der Waals surface area contributed by atoms with Gasteiger partial charge in [0.05, 0.1) is 17.8 Å². The molecule has 1 aliphatic heterocycles. The number of benzene rings is 2. The largest absolute Gasteiger partial charge is 0.378 e. The summed E-state index contributed by atoms with van der Waals surface area (Å²) in [6.45, 7) is 4.77. The van der Waals surface area contributed by atoms with Gasteiger partial charge >= 0.3 is 0 Å². The van der Waals surface area contributed by atoms with Crippen molar-refractivity contribution >= 4 is 34.6 Å². The molecule has 1 saturated heterocycles. The van der Waals surface area contributed by atoms with Crippen molar-refractivity contribution in [2.45, 2.75) is 32.4 Å². The summed E-state index contributed by atoms with van der Waals surface area (Å²) in [5.41, 5.74) is 7.41. The third kappa shape index (κ3) is 5.52. The first-order chi connectivity index (χ1) is 18.8. The van der Waals surface area contributed by atoms with Crippen LogP contribution in [-0.4, -0.2) is 46.1 Å². The number of rotatable bonds is 8. The zero-order valence-electron chi connectivity index (χ0n) is 22.8. The van der Waals surface area contributed by atoms with Crippen LogP contribution in [0.25, 0.3) is 5.69 Å². The van der Waals surface area contributed by atoms with Crippen molar-refractivity contribution < 1.29 is 4.79 Å². The van der Waals surface area contributed by atoms with E-state index >= 15 is 0 Å². The van der Waals surface area contributed by atoms with Gasteiger partial charge in [0.25, 0.3) is 0 Å². The van der Waals surface area contributed by atoms with Gasteiger partial charge in [-0.1, -0.05) is 24.3 Å². The first-order valence-electron chi connectivity index (χ1n) is 13.1. The summed E-state index contributed by atoms with van der Waals surface area (Å²) in [5.74, 6) is -0.0458. The molecule has 0 aliphatic carbocycles. The van der Waals surface area contributed by atoms with Gasteiger partial charge in [0.2, 0.25) is 5.91 Å². The van der Waals surface area contributed by atoms with Crippen LogP contribution in [0.4, 0.5) is 11.4 Å². The van der Waals surface area contributed by atoms with Crippen LogP contribution in [0.3, 0.4) is 0 Å². The van der Waals surface area contributed by atoms with Crippen LogP contribution in [0.1, 0.15) is 41.1 Å². The highest BCUT2D eigenvalue weighted by Crippen LogP contribution is 2.41. The molecule has 7 nitrogen and oxygen atoms in total. The van der Waals surface area contributed by atoms with Gasteiger partial charge in [-0.25, -0.2) is 0 Å². The molecule has 200 valence electrons. The van der Waals surface area contributed by atoms with Gasteiger partial charge in [0.1, 0.15) is 0 Å². The van der Waals surface area contributed by atoms with E-state index in [9.17, 15) is 4.79 Å². The number of nitrogens with one attached hydrogen (secondary N) is 2. The molecule has 2 aromatic heterocycles. The average Bonchev–Trinajstić information content (AvgIpc) is 3.42. The third-order valence-corrected chi connectivity index (χ3v) is 7.60. The van der Waals surface area contributed by atoms with Gasteiger partial charge in [-0.15, -0.1) is 0 Å². The third-order valence-electron chi connectivity index (χ3n) is 7.25. The summed E-state index contributed by atoms with van der Waals surface area (Å²) < 4.78 is 2.28. The zero-order valence-corrected chi connectivity index (χ0v) is 23.6. The monoisotopic (exact) mass is 538 g/mol. The smallest absolute Gasteiger partial charge is 0.226 e. The summed E-state index contributed by atoms with van der Waals surface area (Å²) in [6.07, 6.45) is 2.12. The van der Waals surface area contributed by atoms with Crippen LogP contribution in [0.5, 0.6) is 0 Å². The van der Waals surface area contributed by atoms with Crippen LogP contribution in [0.2, 0.25) is 0 Å². The van der Waals surface area contributed by atoms with E-state index in [-0.39, 0.29) is 18.0 Å². The van der Waals surface area contributed by atoms with Gasteiger partial charge in [0.15, 0.2) is 5.11 Å². The van der Waals surface area contributed by atoms with E-state index in [0.717, 1.165) is 39.7 Å². The Balaban J connectivity index is 1.47. The molecule has 1 amide bonds. The number of para-hydroxylation sites is 1.